The van der Waals surface area contributed by atoms with Gasteiger partial charge in [0, 0.05) is 40.1 Å². The number of hydrogen-bond acceptors (Lipinski definition) is 4. The van der Waals surface area contributed by atoms with Crippen molar-refractivity contribution in [3.05, 3.63) is 106 Å². The average Bonchev–Trinajstić information content (AvgIpc) is 3.24. The summed E-state index contributed by atoms with van der Waals surface area (Å²) in [5.74, 6) is 0. The number of rotatable bonds is 5. The van der Waals surface area contributed by atoms with Gasteiger partial charge >= 0.3 is 0 Å². The first kappa shape index (κ1) is 21.1. The van der Waals surface area contributed by atoms with Crippen molar-refractivity contribution in [2.75, 3.05) is 6.61 Å². The number of aliphatic hydroxyl groups is 1. The van der Waals surface area contributed by atoms with Gasteiger partial charge in [-0.15, -0.1) is 0 Å². The molecule has 6 nitrogen and oxygen atoms in total. The summed E-state index contributed by atoms with van der Waals surface area (Å²) in [4.78, 5) is 17.3. The third-order valence-electron chi connectivity index (χ3n) is 5.76. The van der Waals surface area contributed by atoms with Crippen molar-refractivity contribution in [1.29, 1.82) is 0 Å². The van der Waals surface area contributed by atoms with Crippen molar-refractivity contribution in [2.24, 2.45) is 0 Å². The molecule has 2 N–H and O–H groups in total. The first-order valence-electron chi connectivity index (χ1n) is 10.5. The Hall–Kier alpha value is -3.74. The third kappa shape index (κ3) is 4.06. The number of fused-ring (bicyclic) bond motifs is 1. The Morgan fingerprint density at radius 3 is 2.64 bits per heavy atom. The second kappa shape index (κ2) is 8.65. The van der Waals surface area contributed by atoms with Gasteiger partial charge in [-0.1, -0.05) is 29.8 Å². The number of pyridine rings is 2. The van der Waals surface area contributed by atoms with Gasteiger partial charge in [0.1, 0.15) is 5.69 Å². The topological polar surface area (TPSA) is 83.8 Å². The van der Waals surface area contributed by atoms with E-state index in [0.717, 1.165) is 44.5 Å². The number of aromatic nitrogens is 4. The van der Waals surface area contributed by atoms with Crippen LogP contribution in [0.25, 0.3) is 33.3 Å². The van der Waals surface area contributed by atoms with Crippen molar-refractivity contribution in [3.63, 3.8) is 0 Å². The molecule has 0 aliphatic rings. The molecule has 0 amide bonds. The highest BCUT2D eigenvalue weighted by Gasteiger charge is 2.16. The van der Waals surface area contributed by atoms with E-state index in [9.17, 15) is 9.90 Å². The van der Waals surface area contributed by atoms with E-state index in [1.165, 1.54) is 4.57 Å². The van der Waals surface area contributed by atoms with E-state index in [-0.39, 0.29) is 12.2 Å². The molecule has 0 fully saturated rings. The molecule has 7 heteroatoms. The molecule has 0 aliphatic carbocycles. The van der Waals surface area contributed by atoms with Gasteiger partial charge < -0.3 is 9.67 Å². The van der Waals surface area contributed by atoms with Crippen LogP contribution in [0.3, 0.4) is 0 Å². The van der Waals surface area contributed by atoms with Crippen LogP contribution >= 0.6 is 11.6 Å². The lowest BCUT2D eigenvalue weighted by Gasteiger charge is -2.18. The Labute approximate surface area is 195 Å². The molecule has 0 radical (unpaired) electrons. The molecule has 5 aromatic rings. The summed E-state index contributed by atoms with van der Waals surface area (Å²) in [6.45, 7) is 1.73. The lowest BCUT2D eigenvalue weighted by atomic mass is 10.0. The van der Waals surface area contributed by atoms with Crippen LogP contribution in [0.5, 0.6) is 0 Å². The Morgan fingerprint density at radius 2 is 1.88 bits per heavy atom. The first-order valence-corrected chi connectivity index (χ1v) is 10.9. The minimum absolute atomic E-state index is 0.205. The van der Waals surface area contributed by atoms with Gasteiger partial charge in [0.15, 0.2) is 0 Å². The van der Waals surface area contributed by atoms with Crippen LogP contribution in [0, 0.1) is 6.92 Å². The predicted octanol–water partition coefficient (Wildman–Crippen LogP) is 5.00. The van der Waals surface area contributed by atoms with Crippen LogP contribution in [0.2, 0.25) is 5.02 Å². The number of halogens is 1. The van der Waals surface area contributed by atoms with Crippen molar-refractivity contribution in [1.82, 2.24) is 19.7 Å². The molecule has 3 aromatic heterocycles. The molecular formula is C26H21ClN4O2. The fraction of sp³-hybridized carbons (Fsp3) is 0.115. The van der Waals surface area contributed by atoms with Gasteiger partial charge in [-0.3, -0.25) is 14.9 Å². The lowest BCUT2D eigenvalue weighted by molar-refractivity contribution is 0.247. The molecule has 3 heterocycles. The van der Waals surface area contributed by atoms with Crippen LogP contribution in [-0.4, -0.2) is 31.5 Å². The van der Waals surface area contributed by atoms with Crippen LogP contribution in [0.1, 0.15) is 17.3 Å². The number of benzene rings is 2. The highest BCUT2D eigenvalue weighted by atomic mass is 35.5. The number of H-pyrrole nitrogens is 1. The highest BCUT2D eigenvalue weighted by molar-refractivity contribution is 6.30. The number of nitrogens with zero attached hydrogens (tertiary/aromatic N) is 3. The van der Waals surface area contributed by atoms with Crippen LogP contribution in [0.4, 0.5) is 0 Å². The largest absolute Gasteiger partial charge is 0.394 e. The minimum atomic E-state index is -0.511. The van der Waals surface area contributed by atoms with E-state index >= 15 is 0 Å². The average molecular weight is 457 g/mol. The minimum Gasteiger partial charge on any atom is -0.394 e. The van der Waals surface area contributed by atoms with Gasteiger partial charge in [0.25, 0.3) is 5.56 Å². The maximum absolute atomic E-state index is 13.0. The summed E-state index contributed by atoms with van der Waals surface area (Å²) in [7, 11) is 0. The summed E-state index contributed by atoms with van der Waals surface area (Å²) in [5.41, 5.74) is 5.92. The molecule has 0 saturated heterocycles. The molecule has 0 bridgehead atoms. The summed E-state index contributed by atoms with van der Waals surface area (Å²) in [6.07, 6.45) is 3.48. The molecule has 0 spiro atoms. The van der Waals surface area contributed by atoms with Gasteiger partial charge in [0.05, 0.1) is 18.2 Å². The predicted molar refractivity (Wildman–Crippen MR) is 130 cm³/mol. The Kier molecular flexibility index (Phi) is 5.54. The maximum atomic E-state index is 13.0. The first-order chi connectivity index (χ1) is 16.0. The molecule has 164 valence electrons. The number of hydrogen-bond donors (Lipinski definition) is 2. The molecule has 33 heavy (non-hydrogen) atoms. The second-order valence-electron chi connectivity index (χ2n) is 7.93. The van der Waals surface area contributed by atoms with Gasteiger partial charge in [0.2, 0.25) is 0 Å². The monoisotopic (exact) mass is 456 g/mol. The summed E-state index contributed by atoms with van der Waals surface area (Å²) in [5, 5.41) is 19.1. The van der Waals surface area contributed by atoms with Crippen molar-refractivity contribution in [3.8, 4) is 22.4 Å². The summed E-state index contributed by atoms with van der Waals surface area (Å²) < 4.78 is 1.52. The second-order valence-corrected chi connectivity index (χ2v) is 8.37. The van der Waals surface area contributed by atoms with Crippen LogP contribution < -0.4 is 5.56 Å². The fourth-order valence-corrected chi connectivity index (χ4v) is 4.30. The third-order valence-corrected chi connectivity index (χ3v) is 5.99. The smallest absolute Gasteiger partial charge is 0.251 e. The summed E-state index contributed by atoms with van der Waals surface area (Å²) >= 11 is 6.10. The van der Waals surface area contributed by atoms with E-state index in [4.69, 9.17) is 11.6 Å². The lowest BCUT2D eigenvalue weighted by Crippen LogP contribution is -2.26. The van der Waals surface area contributed by atoms with E-state index in [1.54, 1.807) is 30.6 Å². The normalized spacial score (nSPS) is 12.2. The zero-order valence-electron chi connectivity index (χ0n) is 17.9. The molecule has 0 saturated carbocycles. The van der Waals surface area contributed by atoms with E-state index in [2.05, 4.69) is 15.2 Å². The number of aryl methyl sites for hydroxylation is 1. The summed E-state index contributed by atoms with van der Waals surface area (Å²) in [6, 6.07) is 20.0. The van der Waals surface area contributed by atoms with E-state index in [1.807, 2.05) is 55.5 Å². The van der Waals surface area contributed by atoms with E-state index in [0.29, 0.717) is 5.02 Å². The molecule has 1 atom stereocenters. The molecular weight excluding hydrogens is 436 g/mol. The van der Waals surface area contributed by atoms with Gasteiger partial charge in [-0.2, -0.15) is 5.10 Å². The van der Waals surface area contributed by atoms with E-state index < -0.39 is 6.04 Å². The van der Waals surface area contributed by atoms with Crippen LogP contribution in [-0.2, 0) is 0 Å². The number of aromatic amines is 1. The zero-order chi connectivity index (χ0) is 22.9. The van der Waals surface area contributed by atoms with Crippen molar-refractivity contribution in [2.45, 2.75) is 13.0 Å². The highest BCUT2D eigenvalue weighted by Crippen LogP contribution is 2.30. The molecule has 0 aliphatic heterocycles. The van der Waals surface area contributed by atoms with Gasteiger partial charge in [-0.05, 0) is 66.1 Å². The fourth-order valence-electron chi connectivity index (χ4n) is 4.10. The van der Waals surface area contributed by atoms with Crippen LogP contribution in [0.15, 0.2) is 83.9 Å². The van der Waals surface area contributed by atoms with Gasteiger partial charge in [-0.25, -0.2) is 0 Å². The SMILES string of the molecule is Cc1cc(-c2n[nH]c3ccc(-c4ccn(C(CO)c5cccc(Cl)c5)c(=O)c4)cc23)ccn1. The number of nitrogens with one attached hydrogen (secondary N) is 1. The quantitative estimate of drug-likeness (QED) is 0.390. The standard InChI is InChI=1S/C26H21ClN4O2/c1-16-11-20(7-9-28-16)26-22-13-17(5-6-23(22)29-30-26)18-8-10-31(25(33)14-18)24(15-32)19-3-2-4-21(27)12-19/h2-14,24,32H,15H2,1H3,(H,29,30). The molecule has 1 unspecified atom stereocenters. The number of aliphatic hydroxyl groups excluding tert-OH is 1. The molecule has 5 rings (SSSR count). The molecule has 2 aromatic carbocycles. The van der Waals surface area contributed by atoms with Crippen molar-refractivity contribution >= 4 is 22.5 Å². The Balaban J connectivity index is 1.55. The zero-order valence-corrected chi connectivity index (χ0v) is 18.6. The Bertz CT molecular complexity index is 1520. The Morgan fingerprint density at radius 1 is 1.03 bits per heavy atom. The maximum Gasteiger partial charge on any atom is 0.251 e. The van der Waals surface area contributed by atoms with Crippen molar-refractivity contribution < 1.29 is 5.11 Å².